The molecule has 0 bridgehead atoms. The lowest BCUT2D eigenvalue weighted by molar-refractivity contribution is 0.0691. The molecule has 0 spiro atoms. The van der Waals surface area contributed by atoms with Crippen LogP contribution in [-0.2, 0) is 6.42 Å². The number of nitrogens with one attached hydrogen (secondary N) is 1. The molecule has 134 valence electrons. The van der Waals surface area contributed by atoms with Gasteiger partial charge in [-0.25, -0.2) is 19.7 Å². The van der Waals surface area contributed by atoms with Crippen LogP contribution in [0.1, 0.15) is 15.5 Å². The lowest BCUT2D eigenvalue weighted by Crippen LogP contribution is -2.08. The number of para-hydroxylation sites is 1. The molecule has 2 heterocycles. The van der Waals surface area contributed by atoms with Gasteiger partial charge in [0.1, 0.15) is 5.82 Å². The van der Waals surface area contributed by atoms with Gasteiger partial charge < -0.3 is 10.4 Å². The van der Waals surface area contributed by atoms with E-state index in [1.165, 1.54) is 11.3 Å². The van der Waals surface area contributed by atoms with Crippen LogP contribution in [0.15, 0.2) is 60.0 Å². The molecule has 0 saturated carbocycles. The Hall–Kier alpha value is -3.32. The topological polar surface area (TPSA) is 88.0 Å². The fourth-order valence-corrected chi connectivity index (χ4v) is 3.51. The second kappa shape index (κ2) is 7.51. The van der Waals surface area contributed by atoms with Crippen LogP contribution in [0.4, 0.5) is 5.82 Å². The summed E-state index contributed by atoms with van der Waals surface area (Å²) in [5.41, 5.74) is 1.92. The Morgan fingerprint density at radius 2 is 1.78 bits per heavy atom. The van der Waals surface area contributed by atoms with Crippen LogP contribution in [0.2, 0.25) is 0 Å². The molecule has 0 atom stereocenters. The van der Waals surface area contributed by atoms with Crippen LogP contribution < -0.4 is 5.32 Å². The maximum atomic E-state index is 10.9. The number of rotatable bonds is 6. The summed E-state index contributed by atoms with van der Waals surface area (Å²) >= 11 is 1.35. The van der Waals surface area contributed by atoms with Crippen molar-refractivity contribution in [1.82, 2.24) is 15.0 Å². The fourth-order valence-electron chi connectivity index (χ4n) is 2.74. The monoisotopic (exact) mass is 376 g/mol. The van der Waals surface area contributed by atoms with Gasteiger partial charge in [0.05, 0.1) is 10.5 Å². The SMILES string of the molecule is O=C(O)c1csc(CCNc2nc(-c3ccccc3)nc3ccccc23)n1. The third-order valence-corrected chi connectivity index (χ3v) is 4.95. The Labute approximate surface area is 159 Å². The zero-order valence-corrected chi connectivity index (χ0v) is 15.1. The number of carboxylic acid groups (broad SMARTS) is 1. The van der Waals surface area contributed by atoms with Crippen molar-refractivity contribution in [2.45, 2.75) is 6.42 Å². The van der Waals surface area contributed by atoms with Crippen LogP contribution >= 0.6 is 11.3 Å². The Morgan fingerprint density at radius 3 is 2.56 bits per heavy atom. The first-order valence-corrected chi connectivity index (χ1v) is 9.32. The first-order chi connectivity index (χ1) is 13.2. The lowest BCUT2D eigenvalue weighted by Gasteiger charge is -2.10. The van der Waals surface area contributed by atoms with E-state index in [1.54, 1.807) is 5.38 Å². The van der Waals surface area contributed by atoms with E-state index in [-0.39, 0.29) is 5.69 Å². The molecule has 7 heteroatoms. The van der Waals surface area contributed by atoms with Gasteiger partial charge in [-0.1, -0.05) is 42.5 Å². The summed E-state index contributed by atoms with van der Waals surface area (Å²) in [5, 5.41) is 15.6. The van der Waals surface area contributed by atoms with E-state index in [0.717, 1.165) is 27.3 Å². The molecular weight excluding hydrogens is 360 g/mol. The van der Waals surface area contributed by atoms with E-state index in [0.29, 0.717) is 18.8 Å². The maximum Gasteiger partial charge on any atom is 0.355 e. The number of carbonyl (C=O) groups is 1. The highest BCUT2D eigenvalue weighted by Crippen LogP contribution is 2.24. The molecule has 0 aliphatic heterocycles. The van der Waals surface area contributed by atoms with Crippen molar-refractivity contribution < 1.29 is 9.90 Å². The van der Waals surface area contributed by atoms with Crippen molar-refractivity contribution in [2.75, 3.05) is 11.9 Å². The van der Waals surface area contributed by atoms with Gasteiger partial charge >= 0.3 is 5.97 Å². The summed E-state index contributed by atoms with van der Waals surface area (Å²) < 4.78 is 0. The van der Waals surface area contributed by atoms with E-state index in [9.17, 15) is 4.79 Å². The van der Waals surface area contributed by atoms with Crippen LogP contribution in [0.25, 0.3) is 22.3 Å². The van der Waals surface area contributed by atoms with Crippen molar-refractivity contribution in [1.29, 1.82) is 0 Å². The predicted molar refractivity (Wildman–Crippen MR) is 106 cm³/mol. The number of thiazole rings is 1. The summed E-state index contributed by atoms with van der Waals surface area (Å²) in [7, 11) is 0. The molecule has 27 heavy (non-hydrogen) atoms. The summed E-state index contributed by atoms with van der Waals surface area (Å²) in [6.07, 6.45) is 0.622. The summed E-state index contributed by atoms with van der Waals surface area (Å²) in [5.74, 6) is 0.424. The van der Waals surface area contributed by atoms with Crippen LogP contribution in [0.5, 0.6) is 0 Å². The number of aromatic carboxylic acids is 1. The molecule has 4 aromatic rings. The van der Waals surface area contributed by atoms with Gasteiger partial charge in [-0.3, -0.25) is 0 Å². The molecule has 4 rings (SSSR count). The maximum absolute atomic E-state index is 10.9. The third-order valence-electron chi connectivity index (χ3n) is 4.04. The highest BCUT2D eigenvalue weighted by Gasteiger charge is 2.11. The number of hydrogen-bond acceptors (Lipinski definition) is 6. The van der Waals surface area contributed by atoms with Crippen molar-refractivity contribution >= 4 is 34.0 Å². The number of hydrogen-bond donors (Lipinski definition) is 2. The van der Waals surface area contributed by atoms with Gasteiger partial charge in [0, 0.05) is 29.3 Å². The number of carboxylic acids is 1. The van der Waals surface area contributed by atoms with E-state index in [4.69, 9.17) is 10.1 Å². The zero-order valence-electron chi connectivity index (χ0n) is 14.3. The van der Waals surface area contributed by atoms with Crippen molar-refractivity contribution in [3.05, 3.63) is 70.7 Å². The predicted octanol–water partition coefficient (Wildman–Crippen LogP) is 4.11. The van der Waals surface area contributed by atoms with E-state index < -0.39 is 5.97 Å². The minimum absolute atomic E-state index is 0.0915. The number of aromatic nitrogens is 3. The standard InChI is InChI=1S/C20H16N4O2S/c25-20(26)16-12-27-17(22-16)10-11-21-19-14-8-4-5-9-15(14)23-18(24-19)13-6-2-1-3-7-13/h1-9,12H,10-11H2,(H,25,26)(H,21,23,24). The quantitative estimate of drug-likeness (QED) is 0.527. The number of fused-ring (bicyclic) bond motifs is 1. The largest absolute Gasteiger partial charge is 0.476 e. The van der Waals surface area contributed by atoms with Gasteiger partial charge in [0.2, 0.25) is 0 Å². The van der Waals surface area contributed by atoms with E-state index >= 15 is 0 Å². The molecule has 0 aliphatic carbocycles. The lowest BCUT2D eigenvalue weighted by atomic mass is 10.2. The number of nitrogens with zero attached hydrogens (tertiary/aromatic N) is 3. The minimum Gasteiger partial charge on any atom is -0.476 e. The van der Waals surface area contributed by atoms with Gasteiger partial charge in [-0.15, -0.1) is 11.3 Å². The molecule has 0 unspecified atom stereocenters. The smallest absolute Gasteiger partial charge is 0.355 e. The molecule has 6 nitrogen and oxygen atoms in total. The first-order valence-electron chi connectivity index (χ1n) is 8.44. The summed E-state index contributed by atoms with van der Waals surface area (Å²) in [6.45, 7) is 0.599. The van der Waals surface area contributed by atoms with Gasteiger partial charge in [0.25, 0.3) is 0 Å². The Morgan fingerprint density at radius 1 is 1.00 bits per heavy atom. The van der Waals surface area contributed by atoms with Crippen molar-refractivity contribution in [3.63, 3.8) is 0 Å². The van der Waals surface area contributed by atoms with Crippen LogP contribution in [-0.4, -0.2) is 32.6 Å². The minimum atomic E-state index is -1.00. The summed E-state index contributed by atoms with van der Waals surface area (Å²) in [6, 6.07) is 17.7. The van der Waals surface area contributed by atoms with Gasteiger partial charge in [-0.05, 0) is 12.1 Å². The second-order valence-corrected chi connectivity index (χ2v) is 6.83. The molecule has 0 fully saturated rings. The molecule has 0 amide bonds. The third kappa shape index (κ3) is 3.78. The Kier molecular flexibility index (Phi) is 4.76. The zero-order chi connectivity index (χ0) is 18.6. The van der Waals surface area contributed by atoms with Gasteiger partial charge in [0.15, 0.2) is 11.5 Å². The molecule has 0 aliphatic rings. The Balaban J connectivity index is 1.59. The molecule has 0 radical (unpaired) electrons. The van der Waals surface area contributed by atoms with Crippen LogP contribution in [0, 0.1) is 0 Å². The van der Waals surface area contributed by atoms with Crippen molar-refractivity contribution in [2.24, 2.45) is 0 Å². The molecule has 0 saturated heterocycles. The fraction of sp³-hybridized carbons (Fsp3) is 0.100. The number of benzene rings is 2. The number of anilines is 1. The summed E-state index contributed by atoms with van der Waals surface area (Å²) in [4.78, 5) is 24.4. The normalized spacial score (nSPS) is 10.8. The molecule has 2 aromatic carbocycles. The Bertz CT molecular complexity index is 1100. The average Bonchev–Trinajstić information content (AvgIpc) is 3.18. The molecule has 2 aromatic heterocycles. The van der Waals surface area contributed by atoms with Gasteiger partial charge in [-0.2, -0.15) is 0 Å². The van der Waals surface area contributed by atoms with Crippen molar-refractivity contribution in [3.8, 4) is 11.4 Å². The molecule has 2 N–H and O–H groups in total. The van der Waals surface area contributed by atoms with Crippen LogP contribution in [0.3, 0.4) is 0 Å². The van der Waals surface area contributed by atoms with E-state index in [2.05, 4.69) is 15.3 Å². The second-order valence-electron chi connectivity index (χ2n) is 5.89. The highest BCUT2D eigenvalue weighted by atomic mass is 32.1. The first kappa shape index (κ1) is 17.1. The average molecular weight is 376 g/mol. The highest BCUT2D eigenvalue weighted by molar-refractivity contribution is 7.09. The van der Waals surface area contributed by atoms with E-state index in [1.807, 2.05) is 54.6 Å². The molecular formula is C20H16N4O2S.